The minimum absolute atomic E-state index is 0.338. The van der Waals surface area contributed by atoms with Crippen LogP contribution in [0, 0.1) is 23.7 Å². The summed E-state index contributed by atoms with van der Waals surface area (Å²) in [6.07, 6.45) is 6.38. The SMILES string of the molecule is CC(C)[C@H]1CC[C@H](C)C[C@H]1OC[C@H](O)CN1CCC[C@H](C)C1. The molecule has 0 bridgehead atoms. The molecule has 1 aliphatic heterocycles. The number of hydrogen-bond acceptors (Lipinski definition) is 3. The molecule has 22 heavy (non-hydrogen) atoms. The summed E-state index contributed by atoms with van der Waals surface area (Å²) >= 11 is 0. The predicted molar refractivity (Wildman–Crippen MR) is 91.9 cm³/mol. The van der Waals surface area contributed by atoms with Gasteiger partial charge in [-0.15, -0.1) is 0 Å². The number of rotatable bonds is 6. The molecule has 0 amide bonds. The third-order valence-corrected chi connectivity index (χ3v) is 5.67. The van der Waals surface area contributed by atoms with Gasteiger partial charge in [0.1, 0.15) is 0 Å². The van der Waals surface area contributed by atoms with Crippen LogP contribution in [-0.4, -0.2) is 48.5 Å². The van der Waals surface area contributed by atoms with Crippen molar-refractivity contribution in [1.29, 1.82) is 0 Å². The molecule has 0 aromatic rings. The van der Waals surface area contributed by atoms with Crippen LogP contribution < -0.4 is 0 Å². The van der Waals surface area contributed by atoms with Crippen LogP contribution in [0.5, 0.6) is 0 Å². The highest BCUT2D eigenvalue weighted by Gasteiger charge is 2.32. The lowest BCUT2D eigenvalue weighted by Crippen LogP contribution is -2.42. The number of nitrogens with zero attached hydrogens (tertiary/aromatic N) is 1. The molecule has 0 aromatic carbocycles. The molecular weight excluding hydrogens is 274 g/mol. The highest BCUT2D eigenvalue weighted by atomic mass is 16.5. The first kappa shape index (κ1) is 18.2. The molecule has 0 radical (unpaired) electrons. The van der Waals surface area contributed by atoms with Gasteiger partial charge in [-0.3, -0.25) is 0 Å². The summed E-state index contributed by atoms with van der Waals surface area (Å²) in [7, 11) is 0. The van der Waals surface area contributed by atoms with E-state index < -0.39 is 0 Å². The summed E-state index contributed by atoms with van der Waals surface area (Å²) in [4.78, 5) is 2.41. The smallest absolute Gasteiger partial charge is 0.0900 e. The zero-order chi connectivity index (χ0) is 16.1. The predicted octanol–water partition coefficient (Wildman–Crippen LogP) is 3.56. The third-order valence-electron chi connectivity index (χ3n) is 5.67. The number of aliphatic hydroxyl groups excluding tert-OH is 1. The summed E-state index contributed by atoms with van der Waals surface area (Å²) < 4.78 is 6.18. The Hall–Kier alpha value is -0.120. The Labute approximate surface area is 137 Å². The van der Waals surface area contributed by atoms with E-state index in [0.717, 1.165) is 37.9 Å². The van der Waals surface area contributed by atoms with Gasteiger partial charge in [0.05, 0.1) is 18.8 Å². The molecule has 0 aromatic heterocycles. The maximum Gasteiger partial charge on any atom is 0.0900 e. The summed E-state index contributed by atoms with van der Waals surface area (Å²) in [5, 5.41) is 10.3. The second-order valence-electron chi connectivity index (χ2n) is 8.36. The summed E-state index contributed by atoms with van der Waals surface area (Å²) in [6.45, 7) is 12.8. The van der Waals surface area contributed by atoms with Crippen LogP contribution in [0.1, 0.15) is 59.8 Å². The fourth-order valence-corrected chi connectivity index (χ4v) is 4.34. The van der Waals surface area contributed by atoms with Crippen molar-refractivity contribution < 1.29 is 9.84 Å². The molecule has 130 valence electrons. The monoisotopic (exact) mass is 311 g/mol. The lowest BCUT2D eigenvalue weighted by atomic mass is 9.75. The van der Waals surface area contributed by atoms with Crippen LogP contribution in [0.25, 0.3) is 0 Å². The van der Waals surface area contributed by atoms with Gasteiger partial charge in [0.15, 0.2) is 0 Å². The molecule has 1 aliphatic carbocycles. The maximum absolute atomic E-state index is 10.3. The number of piperidine rings is 1. The average molecular weight is 312 g/mol. The lowest BCUT2D eigenvalue weighted by molar-refractivity contribution is -0.0751. The molecule has 1 saturated heterocycles. The van der Waals surface area contributed by atoms with Gasteiger partial charge in [-0.05, 0) is 55.9 Å². The quantitative estimate of drug-likeness (QED) is 0.814. The minimum Gasteiger partial charge on any atom is -0.389 e. The topological polar surface area (TPSA) is 32.7 Å². The number of β-amino-alcohol motifs (C(OH)–C–C–N with tert-alkyl or cyclic N) is 1. The van der Waals surface area contributed by atoms with E-state index in [1.807, 2.05) is 0 Å². The first-order chi connectivity index (χ1) is 10.5. The Bertz CT molecular complexity index is 321. The van der Waals surface area contributed by atoms with Crippen LogP contribution in [0.15, 0.2) is 0 Å². The van der Waals surface area contributed by atoms with Gasteiger partial charge in [0.25, 0.3) is 0 Å². The van der Waals surface area contributed by atoms with E-state index in [9.17, 15) is 5.11 Å². The van der Waals surface area contributed by atoms with Crippen molar-refractivity contribution in [2.75, 3.05) is 26.2 Å². The zero-order valence-electron chi connectivity index (χ0n) is 15.1. The highest BCUT2D eigenvalue weighted by Crippen LogP contribution is 2.35. The summed E-state index contributed by atoms with van der Waals surface area (Å²) in [5.74, 6) is 2.88. The van der Waals surface area contributed by atoms with Crippen molar-refractivity contribution in [1.82, 2.24) is 4.90 Å². The van der Waals surface area contributed by atoms with Gasteiger partial charge in [0, 0.05) is 13.1 Å². The minimum atomic E-state index is -0.338. The van der Waals surface area contributed by atoms with Crippen molar-refractivity contribution in [2.24, 2.45) is 23.7 Å². The van der Waals surface area contributed by atoms with E-state index in [4.69, 9.17) is 4.74 Å². The molecule has 2 aliphatic rings. The molecule has 2 fully saturated rings. The Balaban J connectivity index is 1.75. The largest absolute Gasteiger partial charge is 0.389 e. The van der Waals surface area contributed by atoms with Gasteiger partial charge >= 0.3 is 0 Å². The van der Waals surface area contributed by atoms with E-state index in [1.165, 1.54) is 25.7 Å². The molecule has 1 saturated carbocycles. The first-order valence-corrected chi connectivity index (χ1v) is 9.47. The van der Waals surface area contributed by atoms with Crippen LogP contribution in [0.3, 0.4) is 0 Å². The molecule has 1 N–H and O–H groups in total. The Morgan fingerprint density at radius 3 is 2.59 bits per heavy atom. The normalized spacial score (nSPS) is 35.7. The second kappa shape index (κ2) is 8.65. The molecule has 1 heterocycles. The van der Waals surface area contributed by atoms with Gasteiger partial charge in [-0.1, -0.05) is 34.1 Å². The fourth-order valence-electron chi connectivity index (χ4n) is 4.34. The summed E-state index contributed by atoms with van der Waals surface area (Å²) in [5.41, 5.74) is 0. The van der Waals surface area contributed by atoms with Crippen molar-refractivity contribution >= 4 is 0 Å². The Morgan fingerprint density at radius 1 is 1.14 bits per heavy atom. The molecule has 3 heteroatoms. The number of hydrogen-bond donors (Lipinski definition) is 1. The van der Waals surface area contributed by atoms with Crippen molar-refractivity contribution in [3.05, 3.63) is 0 Å². The highest BCUT2D eigenvalue weighted by molar-refractivity contribution is 4.82. The maximum atomic E-state index is 10.3. The van der Waals surface area contributed by atoms with Gasteiger partial charge < -0.3 is 14.7 Å². The first-order valence-electron chi connectivity index (χ1n) is 9.47. The van der Waals surface area contributed by atoms with Gasteiger partial charge in [-0.25, -0.2) is 0 Å². The molecule has 2 rings (SSSR count). The average Bonchev–Trinajstić information content (AvgIpc) is 2.45. The number of aliphatic hydroxyl groups is 1. The van der Waals surface area contributed by atoms with Crippen molar-refractivity contribution in [3.8, 4) is 0 Å². The number of likely N-dealkylation sites (tertiary alicyclic amines) is 1. The standard InChI is InChI=1S/C19H37NO2/c1-14(2)18-8-7-15(3)10-19(18)22-13-17(21)12-20-9-5-6-16(4)11-20/h14-19,21H,5-13H2,1-4H3/t15-,16-,17+,18+,19+/m0/s1. The zero-order valence-corrected chi connectivity index (χ0v) is 15.1. The van der Waals surface area contributed by atoms with E-state index in [1.54, 1.807) is 0 Å². The second-order valence-corrected chi connectivity index (χ2v) is 8.36. The Morgan fingerprint density at radius 2 is 1.91 bits per heavy atom. The molecular formula is C19H37NO2. The molecule has 3 nitrogen and oxygen atoms in total. The van der Waals surface area contributed by atoms with Crippen LogP contribution in [0.4, 0.5) is 0 Å². The van der Waals surface area contributed by atoms with Gasteiger partial charge in [-0.2, -0.15) is 0 Å². The van der Waals surface area contributed by atoms with E-state index in [2.05, 4.69) is 32.6 Å². The van der Waals surface area contributed by atoms with Crippen molar-refractivity contribution in [2.45, 2.75) is 72.0 Å². The van der Waals surface area contributed by atoms with E-state index >= 15 is 0 Å². The molecule has 0 unspecified atom stereocenters. The molecule has 0 spiro atoms. The Kier molecular flexibility index (Phi) is 7.17. The third kappa shape index (κ3) is 5.50. The molecule has 5 atom stereocenters. The fraction of sp³-hybridized carbons (Fsp3) is 1.00. The lowest BCUT2D eigenvalue weighted by Gasteiger charge is -2.38. The van der Waals surface area contributed by atoms with Crippen molar-refractivity contribution in [3.63, 3.8) is 0 Å². The van der Waals surface area contributed by atoms with E-state index in [0.29, 0.717) is 24.5 Å². The van der Waals surface area contributed by atoms with E-state index in [-0.39, 0.29) is 6.10 Å². The van der Waals surface area contributed by atoms with Crippen LogP contribution in [0.2, 0.25) is 0 Å². The summed E-state index contributed by atoms with van der Waals surface area (Å²) in [6, 6.07) is 0. The number of ether oxygens (including phenoxy) is 1. The van der Waals surface area contributed by atoms with Gasteiger partial charge in [0.2, 0.25) is 0 Å². The van der Waals surface area contributed by atoms with Crippen LogP contribution in [-0.2, 0) is 4.74 Å². The van der Waals surface area contributed by atoms with Crippen LogP contribution >= 0.6 is 0 Å².